The van der Waals surface area contributed by atoms with Crippen LogP contribution in [0.5, 0.6) is 0 Å². The maximum atomic E-state index is 11.7. The van der Waals surface area contributed by atoms with Crippen molar-refractivity contribution in [3.05, 3.63) is 22.2 Å². The number of amides is 1. The number of esters is 1. The predicted octanol–water partition coefficient (Wildman–Crippen LogP) is 1.49. The summed E-state index contributed by atoms with van der Waals surface area (Å²) in [5.74, 6) is -0.667. The zero-order valence-electron chi connectivity index (χ0n) is 10.7. The second kappa shape index (κ2) is 6.90. The Bertz CT molecular complexity index is 454. The minimum Gasteiger partial charge on any atom is -0.465 e. The highest BCUT2D eigenvalue weighted by Gasteiger charge is 2.10. The molecule has 5 nitrogen and oxygen atoms in total. The summed E-state index contributed by atoms with van der Waals surface area (Å²) < 4.78 is 4.76. The van der Waals surface area contributed by atoms with Gasteiger partial charge in [-0.2, -0.15) is 0 Å². The summed E-state index contributed by atoms with van der Waals surface area (Å²) in [5, 5.41) is 2.81. The first-order valence-corrected chi connectivity index (χ1v) is 6.41. The zero-order valence-corrected chi connectivity index (χ0v) is 11.5. The first kappa shape index (κ1) is 14.4. The van der Waals surface area contributed by atoms with Gasteiger partial charge in [0, 0.05) is 18.5 Å². The normalized spacial score (nSPS) is 10.6. The fourth-order valence-corrected chi connectivity index (χ4v) is 1.80. The molecule has 0 fully saturated rings. The molecular formula is C12H16N2O3S. The number of hydrogen-bond acceptors (Lipinski definition) is 5. The Morgan fingerprint density at radius 3 is 2.83 bits per heavy atom. The van der Waals surface area contributed by atoms with Crippen molar-refractivity contribution in [2.75, 3.05) is 20.2 Å². The molecule has 1 rings (SSSR count). The van der Waals surface area contributed by atoms with Gasteiger partial charge in [0.25, 0.3) is 0 Å². The number of likely N-dealkylation sites (N-methyl/N-ethyl adjacent to an activating group) is 1. The summed E-state index contributed by atoms with van der Waals surface area (Å²) >= 11 is 1.52. The molecule has 0 bridgehead atoms. The van der Waals surface area contributed by atoms with E-state index in [0.29, 0.717) is 6.61 Å². The van der Waals surface area contributed by atoms with Gasteiger partial charge in [-0.25, -0.2) is 4.98 Å². The molecule has 0 saturated carbocycles. The number of rotatable bonds is 5. The second-order valence-electron chi connectivity index (χ2n) is 3.62. The molecule has 0 unspecified atom stereocenters. The predicted molar refractivity (Wildman–Crippen MR) is 70.2 cm³/mol. The summed E-state index contributed by atoms with van der Waals surface area (Å²) in [5.41, 5.74) is 0.746. The van der Waals surface area contributed by atoms with E-state index in [0.717, 1.165) is 10.7 Å². The number of thiazole rings is 1. The van der Waals surface area contributed by atoms with E-state index in [-0.39, 0.29) is 12.5 Å². The molecule has 1 amide bonds. The van der Waals surface area contributed by atoms with E-state index in [1.165, 1.54) is 22.3 Å². The molecule has 0 aliphatic rings. The lowest BCUT2D eigenvalue weighted by Crippen LogP contribution is -2.31. The summed E-state index contributed by atoms with van der Waals surface area (Å²) in [6.45, 7) is 3.89. The van der Waals surface area contributed by atoms with Gasteiger partial charge in [-0.05, 0) is 19.9 Å². The van der Waals surface area contributed by atoms with Crippen molar-refractivity contribution in [2.24, 2.45) is 0 Å². The van der Waals surface area contributed by atoms with Gasteiger partial charge in [-0.1, -0.05) is 0 Å². The highest BCUT2D eigenvalue weighted by atomic mass is 32.1. The van der Waals surface area contributed by atoms with Gasteiger partial charge in [0.05, 0.1) is 17.3 Å². The van der Waals surface area contributed by atoms with Crippen LogP contribution in [0.1, 0.15) is 17.6 Å². The third-order valence-corrected chi connectivity index (χ3v) is 2.87. The number of carbonyl (C=O) groups excluding carboxylic acids is 2. The number of ether oxygens (including phenoxy) is 1. The van der Waals surface area contributed by atoms with Crippen LogP contribution in [0.3, 0.4) is 0 Å². The number of carbonyl (C=O) groups is 2. The summed E-state index contributed by atoms with van der Waals surface area (Å²) in [6, 6.07) is 0. The lowest BCUT2D eigenvalue weighted by Gasteiger charge is -2.13. The highest BCUT2D eigenvalue weighted by Crippen LogP contribution is 2.09. The van der Waals surface area contributed by atoms with Crippen molar-refractivity contribution in [1.29, 1.82) is 0 Å². The topological polar surface area (TPSA) is 59.5 Å². The maximum Gasteiger partial charge on any atom is 0.325 e. The lowest BCUT2D eigenvalue weighted by molar-refractivity contribution is -0.146. The number of nitrogens with zero attached hydrogens (tertiary/aromatic N) is 2. The fraction of sp³-hybridized carbons (Fsp3) is 0.417. The first-order chi connectivity index (χ1) is 8.52. The molecule has 18 heavy (non-hydrogen) atoms. The molecule has 0 N–H and O–H groups in total. The lowest BCUT2D eigenvalue weighted by atomic mass is 10.4. The summed E-state index contributed by atoms with van der Waals surface area (Å²) in [4.78, 5) is 28.4. The third kappa shape index (κ3) is 4.67. The number of aryl methyl sites for hydroxylation is 1. The van der Waals surface area contributed by atoms with E-state index in [2.05, 4.69) is 4.98 Å². The molecule has 6 heteroatoms. The largest absolute Gasteiger partial charge is 0.465 e. The van der Waals surface area contributed by atoms with Crippen molar-refractivity contribution in [2.45, 2.75) is 13.8 Å². The first-order valence-electron chi connectivity index (χ1n) is 5.54. The molecule has 0 aromatic carbocycles. The summed E-state index contributed by atoms with van der Waals surface area (Å²) in [7, 11) is 1.55. The maximum absolute atomic E-state index is 11.7. The van der Waals surface area contributed by atoms with Crippen molar-refractivity contribution >= 4 is 29.3 Å². The van der Waals surface area contributed by atoms with Gasteiger partial charge < -0.3 is 9.64 Å². The molecule has 98 valence electrons. The SMILES string of the molecule is CCOC(=O)CN(C)C(=O)/C=C/c1csc(C)n1. The van der Waals surface area contributed by atoms with Crippen LogP contribution in [0.4, 0.5) is 0 Å². The Kier molecular flexibility index (Phi) is 5.51. The molecule has 0 aliphatic carbocycles. The van der Waals surface area contributed by atoms with E-state index in [9.17, 15) is 9.59 Å². The van der Waals surface area contributed by atoms with E-state index in [1.54, 1.807) is 20.0 Å². The van der Waals surface area contributed by atoms with Crippen molar-refractivity contribution in [3.63, 3.8) is 0 Å². The second-order valence-corrected chi connectivity index (χ2v) is 4.69. The molecule has 0 aliphatic heterocycles. The van der Waals surface area contributed by atoms with Crippen LogP contribution in [0.25, 0.3) is 6.08 Å². The Morgan fingerprint density at radius 2 is 2.28 bits per heavy atom. The molecule has 0 atom stereocenters. The minimum absolute atomic E-state index is 0.0485. The van der Waals surface area contributed by atoms with Gasteiger partial charge >= 0.3 is 5.97 Å². The van der Waals surface area contributed by atoms with Crippen LogP contribution in [0.2, 0.25) is 0 Å². The Balaban J connectivity index is 2.49. The van der Waals surface area contributed by atoms with Crippen molar-refractivity contribution in [1.82, 2.24) is 9.88 Å². The van der Waals surface area contributed by atoms with Gasteiger partial charge in [-0.15, -0.1) is 11.3 Å². The van der Waals surface area contributed by atoms with E-state index < -0.39 is 5.97 Å². The third-order valence-electron chi connectivity index (χ3n) is 2.08. The molecule has 1 aromatic rings. The smallest absolute Gasteiger partial charge is 0.325 e. The molecule has 0 saturated heterocycles. The molecule has 1 heterocycles. The van der Waals surface area contributed by atoms with Crippen molar-refractivity contribution in [3.8, 4) is 0 Å². The van der Waals surface area contributed by atoms with Crippen LogP contribution in [-0.2, 0) is 14.3 Å². The average molecular weight is 268 g/mol. The number of aromatic nitrogens is 1. The van der Waals surface area contributed by atoms with E-state index in [4.69, 9.17) is 4.74 Å². The van der Waals surface area contributed by atoms with Gasteiger partial charge in [0.1, 0.15) is 6.54 Å². The van der Waals surface area contributed by atoms with Gasteiger partial charge in [0.2, 0.25) is 5.91 Å². The van der Waals surface area contributed by atoms with Crippen molar-refractivity contribution < 1.29 is 14.3 Å². The Labute approximate surface area is 110 Å². The van der Waals surface area contributed by atoms with Crippen LogP contribution in [-0.4, -0.2) is 42.0 Å². The monoisotopic (exact) mass is 268 g/mol. The minimum atomic E-state index is -0.411. The quantitative estimate of drug-likeness (QED) is 0.599. The Morgan fingerprint density at radius 1 is 1.56 bits per heavy atom. The Hall–Kier alpha value is -1.69. The van der Waals surface area contributed by atoms with Crippen LogP contribution in [0.15, 0.2) is 11.5 Å². The van der Waals surface area contributed by atoms with E-state index in [1.807, 2.05) is 12.3 Å². The molecule has 0 radical (unpaired) electrons. The summed E-state index contributed by atoms with van der Waals surface area (Å²) in [6.07, 6.45) is 3.03. The standard InChI is InChI=1S/C12H16N2O3S/c1-4-17-12(16)7-14(3)11(15)6-5-10-8-18-9(2)13-10/h5-6,8H,4,7H2,1-3H3/b6-5+. The highest BCUT2D eigenvalue weighted by molar-refractivity contribution is 7.09. The number of hydrogen-bond donors (Lipinski definition) is 0. The van der Waals surface area contributed by atoms with Gasteiger partial charge in [0.15, 0.2) is 0 Å². The molecule has 1 aromatic heterocycles. The van der Waals surface area contributed by atoms with Crippen LogP contribution < -0.4 is 0 Å². The van der Waals surface area contributed by atoms with Gasteiger partial charge in [-0.3, -0.25) is 9.59 Å². The van der Waals surface area contributed by atoms with Crippen LogP contribution >= 0.6 is 11.3 Å². The molecule has 0 spiro atoms. The molecular weight excluding hydrogens is 252 g/mol. The fourth-order valence-electron chi connectivity index (χ4n) is 1.22. The van der Waals surface area contributed by atoms with Crippen LogP contribution in [0, 0.1) is 6.92 Å². The zero-order chi connectivity index (χ0) is 13.5. The average Bonchev–Trinajstić information content (AvgIpc) is 2.72. The van der Waals surface area contributed by atoms with E-state index >= 15 is 0 Å².